The van der Waals surface area contributed by atoms with Gasteiger partial charge in [0.25, 0.3) is 5.91 Å². The summed E-state index contributed by atoms with van der Waals surface area (Å²) in [5.74, 6) is 0.117. The molecule has 0 saturated carbocycles. The van der Waals surface area contributed by atoms with Crippen LogP contribution in [0.4, 0.5) is 5.13 Å². The number of benzene rings is 2. The Morgan fingerprint density at radius 2 is 1.86 bits per heavy atom. The minimum Gasteiger partial charge on any atom is -0.493 e. The number of hydrogen-bond donors (Lipinski definition) is 1. The second-order valence-corrected chi connectivity index (χ2v) is 8.33. The number of nitrogens with zero attached hydrogens (tertiary/aromatic N) is 1. The molecule has 0 radical (unpaired) electrons. The van der Waals surface area contributed by atoms with Gasteiger partial charge in [-0.25, -0.2) is 9.78 Å². The quantitative estimate of drug-likeness (QED) is 0.567. The number of amides is 1. The van der Waals surface area contributed by atoms with Crippen LogP contribution in [0.25, 0.3) is 10.2 Å². The van der Waals surface area contributed by atoms with E-state index in [1.807, 2.05) is 19.9 Å². The van der Waals surface area contributed by atoms with Gasteiger partial charge >= 0.3 is 5.97 Å². The van der Waals surface area contributed by atoms with Crippen LogP contribution in [0, 0.1) is 19.8 Å². The molecule has 7 heteroatoms. The summed E-state index contributed by atoms with van der Waals surface area (Å²) in [5.41, 5.74) is 3.43. The zero-order valence-electron chi connectivity index (χ0n) is 16.9. The van der Waals surface area contributed by atoms with Gasteiger partial charge < -0.3 is 9.47 Å². The lowest BCUT2D eigenvalue weighted by Gasteiger charge is -2.09. The van der Waals surface area contributed by atoms with E-state index in [9.17, 15) is 9.59 Å². The molecule has 1 N–H and O–H groups in total. The van der Waals surface area contributed by atoms with Crippen molar-refractivity contribution in [2.24, 2.45) is 5.92 Å². The van der Waals surface area contributed by atoms with Crippen molar-refractivity contribution in [3.05, 3.63) is 53.1 Å². The number of carbonyl (C=O) groups excluding carboxylic acids is 2. The Morgan fingerprint density at radius 1 is 1.14 bits per heavy atom. The molecule has 0 saturated heterocycles. The maximum Gasteiger partial charge on any atom is 0.338 e. The maximum absolute atomic E-state index is 12.1. The molecule has 6 nitrogen and oxygen atoms in total. The van der Waals surface area contributed by atoms with E-state index < -0.39 is 11.9 Å². The fourth-order valence-electron chi connectivity index (χ4n) is 2.74. The Bertz CT molecular complexity index is 1030. The van der Waals surface area contributed by atoms with E-state index in [4.69, 9.17) is 9.47 Å². The second kappa shape index (κ2) is 9.05. The zero-order chi connectivity index (χ0) is 21.0. The Labute approximate surface area is 173 Å². The molecule has 1 heterocycles. The molecule has 0 fully saturated rings. The number of esters is 1. The van der Waals surface area contributed by atoms with E-state index in [0.717, 1.165) is 21.3 Å². The van der Waals surface area contributed by atoms with Crippen molar-refractivity contribution in [1.82, 2.24) is 4.98 Å². The monoisotopic (exact) mass is 412 g/mol. The van der Waals surface area contributed by atoms with Gasteiger partial charge in [-0.1, -0.05) is 31.3 Å². The summed E-state index contributed by atoms with van der Waals surface area (Å²) in [5, 5.41) is 3.18. The molecule has 0 aliphatic carbocycles. The third kappa shape index (κ3) is 5.54. The Hall–Kier alpha value is -2.93. The van der Waals surface area contributed by atoms with Crippen LogP contribution in [0.5, 0.6) is 5.75 Å². The average molecular weight is 413 g/mol. The molecule has 0 aliphatic heterocycles. The fraction of sp³-hybridized carbons (Fsp3) is 0.318. The van der Waals surface area contributed by atoms with Gasteiger partial charge in [-0.15, -0.1) is 0 Å². The summed E-state index contributed by atoms with van der Waals surface area (Å²) in [6, 6.07) is 10.7. The smallest absolute Gasteiger partial charge is 0.338 e. The number of fused-ring (bicyclic) bond motifs is 1. The number of nitrogens with one attached hydrogen (secondary N) is 1. The molecule has 29 heavy (non-hydrogen) atoms. The van der Waals surface area contributed by atoms with Gasteiger partial charge in [0, 0.05) is 0 Å². The van der Waals surface area contributed by atoms with Gasteiger partial charge in [-0.05, 0) is 61.2 Å². The Morgan fingerprint density at radius 3 is 2.55 bits per heavy atom. The largest absolute Gasteiger partial charge is 0.493 e. The maximum atomic E-state index is 12.1. The predicted molar refractivity (Wildman–Crippen MR) is 115 cm³/mol. The molecule has 0 aliphatic rings. The summed E-state index contributed by atoms with van der Waals surface area (Å²) < 4.78 is 11.7. The molecule has 3 aromatic rings. The lowest BCUT2D eigenvalue weighted by atomic mass is 10.1. The van der Waals surface area contributed by atoms with Crippen LogP contribution in [0.1, 0.15) is 35.3 Å². The minimum absolute atomic E-state index is 0.362. The number of hydrogen-bond acceptors (Lipinski definition) is 6. The number of anilines is 1. The van der Waals surface area contributed by atoms with Crippen LogP contribution >= 0.6 is 11.3 Å². The number of carbonyl (C=O) groups is 2. The molecule has 1 aromatic heterocycles. The van der Waals surface area contributed by atoms with Crippen molar-refractivity contribution in [3.8, 4) is 5.75 Å². The van der Waals surface area contributed by atoms with E-state index in [1.165, 1.54) is 11.3 Å². The summed E-state index contributed by atoms with van der Waals surface area (Å²) >= 11 is 1.40. The van der Waals surface area contributed by atoms with Crippen LogP contribution in [-0.4, -0.2) is 30.1 Å². The predicted octanol–water partition coefficient (Wildman–Crippen LogP) is 4.74. The molecule has 1 amide bonds. The van der Waals surface area contributed by atoms with Crippen LogP contribution in [-0.2, 0) is 9.53 Å². The van der Waals surface area contributed by atoms with Crippen LogP contribution in [0.2, 0.25) is 0 Å². The van der Waals surface area contributed by atoms with Crippen molar-refractivity contribution < 1.29 is 19.1 Å². The number of aromatic nitrogens is 1. The summed E-state index contributed by atoms with van der Waals surface area (Å²) in [4.78, 5) is 28.7. The van der Waals surface area contributed by atoms with Crippen LogP contribution in [0.3, 0.4) is 0 Å². The number of aryl methyl sites for hydroxylation is 2. The van der Waals surface area contributed by atoms with E-state index in [-0.39, 0.29) is 6.61 Å². The van der Waals surface area contributed by atoms with Gasteiger partial charge in [0.2, 0.25) is 0 Å². The molecule has 3 rings (SSSR count). The lowest BCUT2D eigenvalue weighted by Crippen LogP contribution is -2.20. The third-order valence-electron chi connectivity index (χ3n) is 4.08. The topological polar surface area (TPSA) is 77.5 Å². The summed E-state index contributed by atoms with van der Waals surface area (Å²) in [7, 11) is 0. The van der Waals surface area contributed by atoms with Crippen LogP contribution < -0.4 is 10.1 Å². The Kier molecular flexibility index (Phi) is 6.49. The number of ether oxygens (including phenoxy) is 2. The highest BCUT2D eigenvalue weighted by atomic mass is 32.1. The van der Waals surface area contributed by atoms with Gasteiger partial charge in [0.05, 0.1) is 22.4 Å². The highest BCUT2D eigenvalue weighted by Crippen LogP contribution is 2.29. The number of rotatable bonds is 7. The van der Waals surface area contributed by atoms with Gasteiger partial charge in [-0.3, -0.25) is 10.1 Å². The molecule has 0 spiro atoms. The standard InChI is InChI=1S/C22H24N2O4S/c1-13(2)11-27-17-7-5-16(6-8-17)21(26)28-12-19(25)23-22-24-20-15(4)9-14(3)10-18(20)29-22/h5-10,13H,11-12H2,1-4H3,(H,23,24,25). The molecule has 0 atom stereocenters. The van der Waals surface area contributed by atoms with Gasteiger partial charge in [-0.2, -0.15) is 0 Å². The van der Waals surface area contributed by atoms with Crippen molar-refractivity contribution in [3.63, 3.8) is 0 Å². The SMILES string of the molecule is Cc1cc(C)c2nc(NC(=O)COC(=O)c3ccc(OCC(C)C)cc3)sc2c1. The van der Waals surface area contributed by atoms with Crippen LogP contribution in [0.15, 0.2) is 36.4 Å². The number of thiazole rings is 1. The van der Waals surface area contributed by atoms with E-state index in [1.54, 1.807) is 24.3 Å². The average Bonchev–Trinajstić information content (AvgIpc) is 3.07. The van der Waals surface area contributed by atoms with E-state index in [2.05, 4.69) is 30.2 Å². The highest BCUT2D eigenvalue weighted by Gasteiger charge is 2.13. The fourth-order valence-corrected chi connectivity index (χ4v) is 3.80. The highest BCUT2D eigenvalue weighted by molar-refractivity contribution is 7.22. The first-order valence-corrected chi connectivity index (χ1v) is 10.2. The molecule has 0 unspecified atom stereocenters. The van der Waals surface area contributed by atoms with Gasteiger partial charge in [0.1, 0.15) is 5.75 Å². The summed E-state index contributed by atoms with van der Waals surface area (Å²) in [6.45, 7) is 8.36. The molecular formula is C22H24N2O4S. The molecular weight excluding hydrogens is 388 g/mol. The molecule has 2 aromatic carbocycles. The zero-order valence-corrected chi connectivity index (χ0v) is 17.8. The van der Waals surface area contributed by atoms with E-state index >= 15 is 0 Å². The second-order valence-electron chi connectivity index (χ2n) is 7.30. The van der Waals surface area contributed by atoms with Crippen molar-refractivity contribution in [1.29, 1.82) is 0 Å². The first-order valence-electron chi connectivity index (χ1n) is 9.39. The van der Waals surface area contributed by atoms with Gasteiger partial charge in [0.15, 0.2) is 11.7 Å². The normalized spacial score (nSPS) is 10.9. The molecule has 0 bridgehead atoms. The first-order chi connectivity index (χ1) is 13.8. The Balaban J connectivity index is 1.53. The first kappa shape index (κ1) is 20.8. The van der Waals surface area contributed by atoms with Crippen molar-refractivity contribution >= 4 is 38.6 Å². The van der Waals surface area contributed by atoms with E-state index in [0.29, 0.717) is 29.0 Å². The minimum atomic E-state index is -0.564. The third-order valence-corrected chi connectivity index (χ3v) is 5.00. The van der Waals surface area contributed by atoms with Crippen molar-refractivity contribution in [2.45, 2.75) is 27.7 Å². The molecule has 152 valence electrons. The van der Waals surface area contributed by atoms with Crippen molar-refractivity contribution in [2.75, 3.05) is 18.5 Å². The lowest BCUT2D eigenvalue weighted by molar-refractivity contribution is -0.119. The summed E-state index contributed by atoms with van der Waals surface area (Å²) in [6.07, 6.45) is 0.